The van der Waals surface area contributed by atoms with E-state index in [2.05, 4.69) is 62.4 Å². The molecule has 0 aliphatic heterocycles. The number of hydrogen-bond acceptors (Lipinski definition) is 0. The normalized spacial score (nSPS) is 18.8. The SMILES string of the molecule is CC1(C)C=CC=C1c1ccccc1. The van der Waals surface area contributed by atoms with Crippen molar-refractivity contribution >= 4 is 5.57 Å². The van der Waals surface area contributed by atoms with E-state index < -0.39 is 0 Å². The summed E-state index contributed by atoms with van der Waals surface area (Å²) in [5, 5.41) is 0. The van der Waals surface area contributed by atoms with Crippen molar-refractivity contribution in [3.05, 3.63) is 54.1 Å². The summed E-state index contributed by atoms with van der Waals surface area (Å²) in [7, 11) is 0. The molecule has 0 unspecified atom stereocenters. The molecule has 1 aliphatic rings. The van der Waals surface area contributed by atoms with Gasteiger partial charge in [0.2, 0.25) is 0 Å². The zero-order valence-electron chi connectivity index (χ0n) is 8.12. The van der Waals surface area contributed by atoms with Crippen LogP contribution in [0.3, 0.4) is 0 Å². The Morgan fingerprint density at radius 2 is 1.69 bits per heavy atom. The van der Waals surface area contributed by atoms with E-state index in [1.165, 1.54) is 11.1 Å². The lowest BCUT2D eigenvalue weighted by atomic mass is 9.83. The molecule has 0 nitrogen and oxygen atoms in total. The second-order valence-corrected chi connectivity index (χ2v) is 4.03. The molecule has 0 heterocycles. The first-order valence-corrected chi connectivity index (χ1v) is 4.65. The number of hydrogen-bond donors (Lipinski definition) is 0. The maximum atomic E-state index is 2.25. The van der Waals surface area contributed by atoms with Crippen molar-refractivity contribution in [2.75, 3.05) is 0 Å². The van der Waals surface area contributed by atoms with Gasteiger partial charge in [-0.15, -0.1) is 0 Å². The highest BCUT2D eigenvalue weighted by Crippen LogP contribution is 2.39. The van der Waals surface area contributed by atoms with Crippen LogP contribution in [0.4, 0.5) is 0 Å². The number of benzene rings is 1. The molecule has 0 radical (unpaired) electrons. The molecule has 0 spiro atoms. The van der Waals surface area contributed by atoms with Crippen LogP contribution in [0, 0.1) is 5.41 Å². The van der Waals surface area contributed by atoms with Crippen LogP contribution in [0.5, 0.6) is 0 Å². The van der Waals surface area contributed by atoms with Crippen molar-refractivity contribution in [3.8, 4) is 0 Å². The lowest BCUT2D eigenvalue weighted by molar-refractivity contribution is 0.659. The van der Waals surface area contributed by atoms with E-state index in [0.717, 1.165) is 0 Å². The molecule has 0 fully saturated rings. The summed E-state index contributed by atoms with van der Waals surface area (Å²) in [5.74, 6) is 0. The minimum absolute atomic E-state index is 0.196. The van der Waals surface area contributed by atoms with Crippen molar-refractivity contribution < 1.29 is 0 Å². The third kappa shape index (κ3) is 1.44. The van der Waals surface area contributed by atoms with E-state index >= 15 is 0 Å². The molecule has 0 saturated carbocycles. The van der Waals surface area contributed by atoms with E-state index in [4.69, 9.17) is 0 Å². The fourth-order valence-electron chi connectivity index (χ4n) is 1.78. The average Bonchev–Trinajstić information content (AvgIpc) is 2.47. The average molecular weight is 170 g/mol. The van der Waals surface area contributed by atoms with Crippen LogP contribution in [0.15, 0.2) is 48.6 Å². The Kier molecular flexibility index (Phi) is 1.84. The van der Waals surface area contributed by atoms with Crippen LogP contribution in [-0.2, 0) is 0 Å². The lowest BCUT2D eigenvalue weighted by Gasteiger charge is -2.20. The topological polar surface area (TPSA) is 0 Å². The molecule has 0 bridgehead atoms. The molecule has 0 aromatic heterocycles. The predicted molar refractivity (Wildman–Crippen MR) is 57.3 cm³/mol. The molecule has 0 amide bonds. The molecule has 0 atom stereocenters. The first-order chi connectivity index (χ1) is 6.20. The number of allylic oxidation sites excluding steroid dienone is 4. The smallest absolute Gasteiger partial charge is 0.00843 e. The van der Waals surface area contributed by atoms with Gasteiger partial charge in [-0.05, 0) is 11.1 Å². The monoisotopic (exact) mass is 170 g/mol. The van der Waals surface area contributed by atoms with Gasteiger partial charge in [0.25, 0.3) is 0 Å². The quantitative estimate of drug-likeness (QED) is 0.603. The molecule has 0 N–H and O–H groups in total. The Morgan fingerprint density at radius 1 is 1.00 bits per heavy atom. The van der Waals surface area contributed by atoms with E-state index in [1.807, 2.05) is 0 Å². The molecular weight excluding hydrogens is 156 g/mol. The first kappa shape index (κ1) is 8.31. The van der Waals surface area contributed by atoms with Crippen molar-refractivity contribution in [1.29, 1.82) is 0 Å². The van der Waals surface area contributed by atoms with Crippen LogP contribution in [0.1, 0.15) is 19.4 Å². The standard InChI is InChI=1S/C13H14/c1-13(2)10-6-9-12(13)11-7-4-3-5-8-11/h3-10H,1-2H3. The molecule has 2 rings (SSSR count). The van der Waals surface area contributed by atoms with Gasteiger partial charge >= 0.3 is 0 Å². The summed E-state index contributed by atoms with van der Waals surface area (Å²) in [5.41, 5.74) is 2.94. The van der Waals surface area contributed by atoms with Crippen molar-refractivity contribution in [3.63, 3.8) is 0 Å². The van der Waals surface area contributed by atoms with E-state index in [-0.39, 0.29) is 5.41 Å². The largest absolute Gasteiger partial charge is 0.0745 e. The van der Waals surface area contributed by atoms with Crippen LogP contribution in [-0.4, -0.2) is 0 Å². The van der Waals surface area contributed by atoms with Crippen molar-refractivity contribution in [2.24, 2.45) is 5.41 Å². The summed E-state index contributed by atoms with van der Waals surface area (Å²) >= 11 is 0. The Labute approximate surface area is 79.6 Å². The summed E-state index contributed by atoms with van der Waals surface area (Å²) in [4.78, 5) is 0. The van der Waals surface area contributed by atoms with E-state index in [1.54, 1.807) is 0 Å². The fourth-order valence-corrected chi connectivity index (χ4v) is 1.78. The number of rotatable bonds is 1. The van der Waals surface area contributed by atoms with Crippen molar-refractivity contribution in [2.45, 2.75) is 13.8 Å². The highest BCUT2D eigenvalue weighted by Gasteiger charge is 2.23. The molecule has 0 heteroatoms. The van der Waals surface area contributed by atoms with Gasteiger partial charge in [-0.25, -0.2) is 0 Å². The maximum Gasteiger partial charge on any atom is 0.00843 e. The van der Waals surface area contributed by atoms with Crippen LogP contribution >= 0.6 is 0 Å². The minimum Gasteiger partial charge on any atom is -0.0745 e. The van der Waals surface area contributed by atoms with Gasteiger partial charge in [0.15, 0.2) is 0 Å². The molecule has 0 saturated heterocycles. The fraction of sp³-hybridized carbons (Fsp3) is 0.231. The van der Waals surface area contributed by atoms with E-state index in [9.17, 15) is 0 Å². The zero-order chi connectivity index (χ0) is 9.31. The second-order valence-electron chi connectivity index (χ2n) is 4.03. The molecule has 13 heavy (non-hydrogen) atoms. The van der Waals surface area contributed by atoms with Gasteiger partial charge in [0.05, 0.1) is 0 Å². The first-order valence-electron chi connectivity index (χ1n) is 4.65. The zero-order valence-corrected chi connectivity index (χ0v) is 8.12. The van der Waals surface area contributed by atoms with Gasteiger partial charge in [-0.1, -0.05) is 62.4 Å². The molecule has 66 valence electrons. The van der Waals surface area contributed by atoms with Gasteiger partial charge in [-0.3, -0.25) is 0 Å². The Balaban J connectivity index is 2.40. The molecule has 1 aromatic carbocycles. The Bertz CT molecular complexity index is 353. The third-order valence-electron chi connectivity index (χ3n) is 2.55. The predicted octanol–water partition coefficient (Wildman–Crippen LogP) is 3.67. The van der Waals surface area contributed by atoms with Crippen molar-refractivity contribution in [1.82, 2.24) is 0 Å². The third-order valence-corrected chi connectivity index (χ3v) is 2.55. The van der Waals surface area contributed by atoms with Gasteiger partial charge in [-0.2, -0.15) is 0 Å². The summed E-state index contributed by atoms with van der Waals surface area (Å²) < 4.78 is 0. The van der Waals surface area contributed by atoms with Gasteiger partial charge in [0.1, 0.15) is 0 Å². The van der Waals surface area contributed by atoms with E-state index in [0.29, 0.717) is 0 Å². The molecular formula is C13H14. The highest BCUT2D eigenvalue weighted by atomic mass is 14.3. The lowest BCUT2D eigenvalue weighted by Crippen LogP contribution is -2.06. The van der Waals surface area contributed by atoms with Crippen LogP contribution < -0.4 is 0 Å². The Morgan fingerprint density at radius 3 is 2.23 bits per heavy atom. The molecule has 1 aliphatic carbocycles. The highest BCUT2D eigenvalue weighted by molar-refractivity contribution is 5.75. The minimum atomic E-state index is 0.196. The summed E-state index contributed by atoms with van der Waals surface area (Å²) in [6, 6.07) is 10.6. The maximum absolute atomic E-state index is 2.25. The second kappa shape index (κ2) is 2.88. The van der Waals surface area contributed by atoms with Crippen LogP contribution in [0.2, 0.25) is 0 Å². The van der Waals surface area contributed by atoms with Gasteiger partial charge in [0, 0.05) is 5.41 Å². The summed E-state index contributed by atoms with van der Waals surface area (Å²) in [6.45, 7) is 4.49. The van der Waals surface area contributed by atoms with Gasteiger partial charge < -0.3 is 0 Å². The van der Waals surface area contributed by atoms with Crippen LogP contribution in [0.25, 0.3) is 5.57 Å². The summed E-state index contributed by atoms with van der Waals surface area (Å²) in [6.07, 6.45) is 6.59. The molecule has 1 aromatic rings. The Hall–Kier alpha value is -1.30.